The standard InChI is InChI=1S/C21H27FN2S/c1-4-15(3)17-8-10-18(11-9-17)20(5-2)24-21(25)23-14-16-6-12-19(22)13-7-16/h6-13,15,20H,4-5,14H2,1-3H3,(H2,23,24,25). The molecule has 0 saturated heterocycles. The topological polar surface area (TPSA) is 24.1 Å². The zero-order valence-electron chi connectivity index (χ0n) is 15.2. The Labute approximate surface area is 155 Å². The van der Waals surface area contributed by atoms with Crippen LogP contribution in [0, 0.1) is 5.82 Å². The van der Waals surface area contributed by atoms with E-state index in [0.717, 1.165) is 18.4 Å². The molecule has 0 aliphatic heterocycles. The van der Waals surface area contributed by atoms with Crippen LogP contribution < -0.4 is 10.6 Å². The summed E-state index contributed by atoms with van der Waals surface area (Å²) in [4.78, 5) is 0. The van der Waals surface area contributed by atoms with Gasteiger partial charge in [0, 0.05) is 6.54 Å². The van der Waals surface area contributed by atoms with Gasteiger partial charge in [-0.05, 0) is 59.8 Å². The molecule has 0 aliphatic rings. The average molecular weight is 359 g/mol. The van der Waals surface area contributed by atoms with Gasteiger partial charge in [0.05, 0.1) is 6.04 Å². The highest BCUT2D eigenvalue weighted by Crippen LogP contribution is 2.22. The summed E-state index contributed by atoms with van der Waals surface area (Å²) in [5.41, 5.74) is 3.61. The Morgan fingerprint density at radius 2 is 1.56 bits per heavy atom. The van der Waals surface area contributed by atoms with E-state index in [0.29, 0.717) is 17.6 Å². The summed E-state index contributed by atoms with van der Waals surface area (Å²) in [6.07, 6.45) is 2.09. The molecule has 2 aromatic rings. The van der Waals surface area contributed by atoms with Gasteiger partial charge in [0.2, 0.25) is 0 Å². The van der Waals surface area contributed by atoms with Gasteiger partial charge in [-0.15, -0.1) is 0 Å². The fourth-order valence-electron chi connectivity index (χ4n) is 2.71. The molecular weight excluding hydrogens is 331 g/mol. The highest BCUT2D eigenvalue weighted by Gasteiger charge is 2.11. The quantitative estimate of drug-likeness (QED) is 0.643. The maximum absolute atomic E-state index is 12.9. The van der Waals surface area contributed by atoms with Crippen molar-refractivity contribution in [2.75, 3.05) is 0 Å². The van der Waals surface area contributed by atoms with Crippen LogP contribution in [0.3, 0.4) is 0 Å². The van der Waals surface area contributed by atoms with Gasteiger partial charge in [0.25, 0.3) is 0 Å². The lowest BCUT2D eigenvalue weighted by molar-refractivity contribution is 0.614. The smallest absolute Gasteiger partial charge is 0.167 e. The van der Waals surface area contributed by atoms with E-state index in [-0.39, 0.29) is 11.9 Å². The first-order chi connectivity index (χ1) is 12.0. The molecule has 134 valence electrons. The van der Waals surface area contributed by atoms with Crippen LogP contribution >= 0.6 is 12.2 Å². The van der Waals surface area contributed by atoms with E-state index >= 15 is 0 Å². The molecule has 2 atom stereocenters. The molecule has 0 saturated carbocycles. The molecule has 2 nitrogen and oxygen atoms in total. The van der Waals surface area contributed by atoms with Crippen molar-refractivity contribution in [1.29, 1.82) is 0 Å². The lowest BCUT2D eigenvalue weighted by Gasteiger charge is -2.21. The molecule has 2 unspecified atom stereocenters. The third-order valence-electron chi connectivity index (χ3n) is 4.60. The van der Waals surface area contributed by atoms with Crippen molar-refractivity contribution in [2.45, 2.75) is 52.1 Å². The lowest BCUT2D eigenvalue weighted by atomic mass is 9.95. The first-order valence-corrected chi connectivity index (χ1v) is 9.33. The number of hydrogen-bond acceptors (Lipinski definition) is 1. The third kappa shape index (κ3) is 5.82. The molecule has 0 radical (unpaired) electrons. The lowest BCUT2D eigenvalue weighted by Crippen LogP contribution is -2.37. The number of halogens is 1. The van der Waals surface area contributed by atoms with Crippen molar-refractivity contribution in [1.82, 2.24) is 10.6 Å². The Kier molecular flexibility index (Phi) is 7.38. The fourth-order valence-corrected chi connectivity index (χ4v) is 2.92. The summed E-state index contributed by atoms with van der Waals surface area (Å²) in [6, 6.07) is 15.4. The van der Waals surface area contributed by atoms with Crippen molar-refractivity contribution < 1.29 is 4.39 Å². The van der Waals surface area contributed by atoms with Crippen LogP contribution in [0.25, 0.3) is 0 Å². The molecule has 2 N–H and O–H groups in total. The van der Waals surface area contributed by atoms with Gasteiger partial charge in [0.15, 0.2) is 5.11 Å². The van der Waals surface area contributed by atoms with Crippen molar-refractivity contribution >= 4 is 17.3 Å². The normalized spacial score (nSPS) is 13.1. The average Bonchev–Trinajstić information content (AvgIpc) is 2.65. The van der Waals surface area contributed by atoms with Crippen LogP contribution in [0.1, 0.15) is 62.3 Å². The Balaban J connectivity index is 1.91. The molecule has 25 heavy (non-hydrogen) atoms. The van der Waals surface area contributed by atoms with Gasteiger partial charge in [-0.3, -0.25) is 0 Å². The molecule has 0 heterocycles. The van der Waals surface area contributed by atoms with Crippen molar-refractivity contribution in [3.05, 3.63) is 71.0 Å². The minimum atomic E-state index is -0.226. The van der Waals surface area contributed by atoms with Gasteiger partial charge in [0.1, 0.15) is 5.82 Å². The second-order valence-electron chi connectivity index (χ2n) is 6.39. The summed E-state index contributed by atoms with van der Waals surface area (Å²) in [6.45, 7) is 7.18. The molecule has 4 heteroatoms. The fraction of sp³-hybridized carbons (Fsp3) is 0.381. The first-order valence-electron chi connectivity index (χ1n) is 8.92. The van der Waals surface area contributed by atoms with Crippen LogP contribution in [-0.2, 0) is 6.54 Å². The summed E-state index contributed by atoms with van der Waals surface area (Å²) >= 11 is 5.41. The number of nitrogens with one attached hydrogen (secondary N) is 2. The van der Waals surface area contributed by atoms with Crippen molar-refractivity contribution in [3.8, 4) is 0 Å². The monoisotopic (exact) mass is 358 g/mol. The highest BCUT2D eigenvalue weighted by molar-refractivity contribution is 7.80. The number of rotatable bonds is 7. The maximum atomic E-state index is 12.9. The molecule has 0 bridgehead atoms. The molecule has 0 fully saturated rings. The van der Waals surface area contributed by atoms with E-state index in [2.05, 4.69) is 55.7 Å². The zero-order valence-corrected chi connectivity index (χ0v) is 16.0. The van der Waals surface area contributed by atoms with Crippen LogP contribution in [0.4, 0.5) is 4.39 Å². The van der Waals surface area contributed by atoms with E-state index in [1.165, 1.54) is 23.3 Å². The third-order valence-corrected chi connectivity index (χ3v) is 4.86. The summed E-state index contributed by atoms with van der Waals surface area (Å²) in [5, 5.41) is 7.18. The van der Waals surface area contributed by atoms with Gasteiger partial charge in [-0.25, -0.2) is 4.39 Å². The van der Waals surface area contributed by atoms with Crippen LogP contribution in [0.2, 0.25) is 0 Å². The van der Waals surface area contributed by atoms with E-state index in [4.69, 9.17) is 12.2 Å². The second kappa shape index (κ2) is 9.52. The van der Waals surface area contributed by atoms with Gasteiger partial charge < -0.3 is 10.6 Å². The molecule has 2 aromatic carbocycles. The Morgan fingerprint density at radius 1 is 0.960 bits per heavy atom. The predicted octanol–water partition coefficient (Wildman–Crippen LogP) is 5.45. The van der Waals surface area contributed by atoms with E-state index < -0.39 is 0 Å². The Hall–Kier alpha value is -1.94. The van der Waals surface area contributed by atoms with E-state index in [1.54, 1.807) is 12.1 Å². The maximum Gasteiger partial charge on any atom is 0.167 e. The summed E-state index contributed by atoms with van der Waals surface area (Å²) in [5.74, 6) is 0.358. The molecule has 0 amide bonds. The molecule has 0 aromatic heterocycles. The van der Waals surface area contributed by atoms with E-state index in [1.807, 2.05) is 0 Å². The summed E-state index contributed by atoms with van der Waals surface area (Å²) in [7, 11) is 0. The minimum Gasteiger partial charge on any atom is -0.359 e. The minimum absolute atomic E-state index is 0.180. The van der Waals surface area contributed by atoms with Crippen LogP contribution in [-0.4, -0.2) is 5.11 Å². The van der Waals surface area contributed by atoms with Crippen LogP contribution in [0.5, 0.6) is 0 Å². The predicted molar refractivity (Wildman–Crippen MR) is 107 cm³/mol. The highest BCUT2D eigenvalue weighted by atomic mass is 32.1. The number of hydrogen-bond donors (Lipinski definition) is 2. The van der Waals surface area contributed by atoms with Gasteiger partial charge in [-0.2, -0.15) is 0 Å². The molecule has 0 spiro atoms. The summed E-state index contributed by atoms with van der Waals surface area (Å²) < 4.78 is 12.9. The molecule has 0 aliphatic carbocycles. The Morgan fingerprint density at radius 3 is 2.12 bits per heavy atom. The molecule has 2 rings (SSSR count). The second-order valence-corrected chi connectivity index (χ2v) is 6.80. The van der Waals surface area contributed by atoms with Gasteiger partial charge >= 0.3 is 0 Å². The van der Waals surface area contributed by atoms with Crippen molar-refractivity contribution in [3.63, 3.8) is 0 Å². The van der Waals surface area contributed by atoms with Crippen molar-refractivity contribution in [2.24, 2.45) is 0 Å². The Bertz CT molecular complexity index is 667. The number of benzene rings is 2. The SMILES string of the molecule is CCC(C)c1ccc(C(CC)NC(=S)NCc2ccc(F)cc2)cc1. The van der Waals surface area contributed by atoms with Crippen LogP contribution in [0.15, 0.2) is 48.5 Å². The molecular formula is C21H27FN2S. The van der Waals surface area contributed by atoms with Gasteiger partial charge in [-0.1, -0.05) is 57.2 Å². The zero-order chi connectivity index (χ0) is 18.2. The van der Waals surface area contributed by atoms with E-state index in [9.17, 15) is 4.39 Å². The first kappa shape index (κ1) is 19.4. The largest absolute Gasteiger partial charge is 0.359 e. The number of thiocarbonyl (C=S) groups is 1.